The lowest BCUT2D eigenvalue weighted by Crippen LogP contribution is -2.18. The van der Waals surface area contributed by atoms with Crippen molar-refractivity contribution in [2.45, 2.75) is 12.5 Å². The summed E-state index contributed by atoms with van der Waals surface area (Å²) in [7, 11) is 4.83. The number of benzene rings is 2. The Labute approximate surface area is 148 Å². The molecule has 0 radical (unpaired) electrons. The fourth-order valence-corrected chi connectivity index (χ4v) is 3.03. The lowest BCUT2D eigenvalue weighted by molar-refractivity contribution is 0.0489. The minimum atomic E-state index is -0.00709. The van der Waals surface area contributed by atoms with E-state index in [1.165, 1.54) is 11.1 Å². The molecule has 132 valence electrons. The Morgan fingerprint density at radius 2 is 1.76 bits per heavy atom. The summed E-state index contributed by atoms with van der Waals surface area (Å²) in [6.07, 6.45) is 2.74. The first-order valence-electron chi connectivity index (χ1n) is 8.26. The van der Waals surface area contributed by atoms with Crippen molar-refractivity contribution < 1.29 is 18.9 Å². The van der Waals surface area contributed by atoms with Gasteiger partial charge in [0.25, 0.3) is 0 Å². The molecule has 1 unspecified atom stereocenters. The first-order valence-corrected chi connectivity index (χ1v) is 8.26. The van der Waals surface area contributed by atoms with E-state index in [0.29, 0.717) is 23.8 Å². The van der Waals surface area contributed by atoms with E-state index in [1.54, 1.807) is 33.6 Å². The van der Waals surface area contributed by atoms with E-state index in [0.717, 1.165) is 18.6 Å². The summed E-state index contributed by atoms with van der Waals surface area (Å²) in [5.74, 6) is 1.96. The third-order valence-electron chi connectivity index (χ3n) is 4.33. The normalized spacial score (nSPS) is 16.5. The second kappa shape index (κ2) is 8.03. The predicted molar refractivity (Wildman–Crippen MR) is 97.4 cm³/mol. The van der Waals surface area contributed by atoms with Gasteiger partial charge in [0.05, 0.1) is 34.5 Å². The van der Waals surface area contributed by atoms with E-state index in [9.17, 15) is 0 Å². The first-order chi connectivity index (χ1) is 12.3. The molecule has 5 heteroatoms. The summed E-state index contributed by atoms with van der Waals surface area (Å²) in [5, 5.41) is 0. The zero-order valence-corrected chi connectivity index (χ0v) is 14.8. The minimum Gasteiger partial charge on any atom is -0.496 e. The Balaban J connectivity index is 1.79. The maximum atomic E-state index is 5.89. The average molecular weight is 341 g/mol. The van der Waals surface area contributed by atoms with Crippen molar-refractivity contribution in [1.29, 1.82) is 0 Å². The Morgan fingerprint density at radius 3 is 2.52 bits per heavy atom. The van der Waals surface area contributed by atoms with Crippen molar-refractivity contribution in [3.8, 4) is 17.2 Å². The van der Waals surface area contributed by atoms with Crippen LogP contribution in [-0.4, -0.2) is 40.7 Å². The van der Waals surface area contributed by atoms with E-state index in [1.807, 2.05) is 12.1 Å². The molecule has 0 spiro atoms. The first kappa shape index (κ1) is 17.3. The van der Waals surface area contributed by atoms with Gasteiger partial charge in [-0.15, -0.1) is 0 Å². The van der Waals surface area contributed by atoms with Crippen molar-refractivity contribution in [3.05, 3.63) is 53.1 Å². The van der Waals surface area contributed by atoms with Crippen LogP contribution in [0.25, 0.3) is 0 Å². The number of rotatable bonds is 6. The van der Waals surface area contributed by atoms with E-state index in [-0.39, 0.29) is 6.10 Å². The van der Waals surface area contributed by atoms with E-state index >= 15 is 0 Å². The number of hydrogen-bond acceptors (Lipinski definition) is 5. The van der Waals surface area contributed by atoms with Crippen LogP contribution in [0.2, 0.25) is 0 Å². The maximum Gasteiger partial charge on any atom is 0.164 e. The molecule has 1 aliphatic rings. The highest BCUT2D eigenvalue weighted by atomic mass is 16.5. The molecular formula is C20H23NO4. The smallest absolute Gasteiger partial charge is 0.164 e. The molecule has 1 heterocycles. The van der Waals surface area contributed by atoms with Crippen molar-refractivity contribution >= 4 is 6.21 Å². The fraction of sp³-hybridized carbons (Fsp3) is 0.350. The highest BCUT2D eigenvalue weighted by molar-refractivity contribution is 5.85. The van der Waals surface area contributed by atoms with Crippen LogP contribution in [0.15, 0.2) is 41.4 Å². The Morgan fingerprint density at radius 1 is 1.04 bits per heavy atom. The predicted octanol–water partition coefficient (Wildman–Crippen LogP) is 3.45. The number of methoxy groups -OCH3 is 3. The van der Waals surface area contributed by atoms with Gasteiger partial charge in [-0.25, -0.2) is 0 Å². The van der Waals surface area contributed by atoms with Gasteiger partial charge in [-0.1, -0.05) is 24.3 Å². The monoisotopic (exact) mass is 341 g/mol. The summed E-state index contributed by atoms with van der Waals surface area (Å²) in [4.78, 5) is 4.58. The summed E-state index contributed by atoms with van der Waals surface area (Å²) >= 11 is 0. The molecular weight excluding hydrogens is 318 g/mol. The standard InChI is InChI=1S/C20H23NO4/c1-22-17-11-19(24-3)18(23-2)10-15(17)12-21-13-20-16-7-5-4-6-14(16)8-9-25-20/h4-7,10-12,20H,8-9,13H2,1-3H3. The summed E-state index contributed by atoms with van der Waals surface area (Å²) in [6.45, 7) is 1.30. The lowest BCUT2D eigenvalue weighted by Gasteiger charge is -2.24. The van der Waals surface area contributed by atoms with Crippen LogP contribution in [0, 0.1) is 0 Å². The van der Waals surface area contributed by atoms with Gasteiger partial charge >= 0.3 is 0 Å². The van der Waals surface area contributed by atoms with Crippen LogP contribution in [0.1, 0.15) is 22.8 Å². The number of aliphatic imine (C=N–C) groups is 1. The van der Waals surface area contributed by atoms with Crippen LogP contribution in [-0.2, 0) is 11.2 Å². The molecule has 0 saturated heterocycles. The van der Waals surface area contributed by atoms with Gasteiger partial charge in [0, 0.05) is 17.8 Å². The Hall–Kier alpha value is -2.53. The molecule has 0 amide bonds. The largest absolute Gasteiger partial charge is 0.496 e. The maximum absolute atomic E-state index is 5.89. The Bertz CT molecular complexity index is 757. The third-order valence-corrected chi connectivity index (χ3v) is 4.33. The van der Waals surface area contributed by atoms with Gasteiger partial charge in [-0.3, -0.25) is 4.99 Å². The zero-order chi connectivity index (χ0) is 17.6. The van der Waals surface area contributed by atoms with Crippen LogP contribution in [0.5, 0.6) is 17.2 Å². The molecule has 0 saturated carbocycles. The topological polar surface area (TPSA) is 49.3 Å². The van der Waals surface area contributed by atoms with Crippen LogP contribution in [0.4, 0.5) is 0 Å². The summed E-state index contributed by atoms with van der Waals surface area (Å²) in [6, 6.07) is 12.0. The molecule has 0 N–H and O–H groups in total. The van der Waals surface area contributed by atoms with Crippen LogP contribution in [0.3, 0.4) is 0 Å². The molecule has 25 heavy (non-hydrogen) atoms. The highest BCUT2D eigenvalue weighted by Crippen LogP contribution is 2.34. The number of nitrogens with zero attached hydrogens (tertiary/aromatic N) is 1. The number of fused-ring (bicyclic) bond motifs is 1. The molecule has 5 nitrogen and oxygen atoms in total. The van der Waals surface area contributed by atoms with Crippen LogP contribution >= 0.6 is 0 Å². The van der Waals surface area contributed by atoms with Gasteiger partial charge in [0.1, 0.15) is 11.9 Å². The molecule has 2 aromatic rings. The minimum absolute atomic E-state index is 0.00709. The van der Waals surface area contributed by atoms with Gasteiger partial charge < -0.3 is 18.9 Å². The van der Waals surface area contributed by atoms with Crippen molar-refractivity contribution in [2.24, 2.45) is 4.99 Å². The second-order valence-electron chi connectivity index (χ2n) is 5.75. The molecule has 0 bridgehead atoms. The number of ether oxygens (including phenoxy) is 4. The molecule has 1 atom stereocenters. The summed E-state index contributed by atoms with van der Waals surface area (Å²) in [5.41, 5.74) is 3.41. The second-order valence-corrected chi connectivity index (χ2v) is 5.75. The molecule has 1 aliphatic heterocycles. The zero-order valence-electron chi connectivity index (χ0n) is 14.8. The van der Waals surface area contributed by atoms with Gasteiger partial charge in [0.2, 0.25) is 0 Å². The summed E-state index contributed by atoms with van der Waals surface area (Å²) < 4.78 is 22.0. The SMILES string of the molecule is COc1cc(OC)c(OC)cc1C=NCC1OCCc2ccccc21. The van der Waals surface area contributed by atoms with Gasteiger partial charge in [0.15, 0.2) is 11.5 Å². The lowest BCUT2D eigenvalue weighted by atomic mass is 9.98. The number of hydrogen-bond donors (Lipinski definition) is 0. The van der Waals surface area contributed by atoms with E-state index in [2.05, 4.69) is 23.2 Å². The third kappa shape index (κ3) is 3.77. The molecule has 0 aliphatic carbocycles. The quantitative estimate of drug-likeness (QED) is 0.755. The van der Waals surface area contributed by atoms with Gasteiger partial charge in [-0.2, -0.15) is 0 Å². The molecule has 0 fully saturated rings. The molecule has 0 aromatic heterocycles. The average Bonchev–Trinajstić information content (AvgIpc) is 2.67. The van der Waals surface area contributed by atoms with Crippen molar-refractivity contribution in [1.82, 2.24) is 0 Å². The Kier molecular flexibility index (Phi) is 5.56. The van der Waals surface area contributed by atoms with Crippen LogP contribution < -0.4 is 14.2 Å². The molecule has 2 aromatic carbocycles. The van der Waals surface area contributed by atoms with Crippen molar-refractivity contribution in [2.75, 3.05) is 34.5 Å². The molecule has 3 rings (SSSR count). The highest BCUT2D eigenvalue weighted by Gasteiger charge is 2.19. The van der Waals surface area contributed by atoms with Gasteiger partial charge in [-0.05, 0) is 23.6 Å². The van der Waals surface area contributed by atoms with E-state index < -0.39 is 0 Å². The van der Waals surface area contributed by atoms with Crippen molar-refractivity contribution in [3.63, 3.8) is 0 Å². The fourth-order valence-electron chi connectivity index (χ4n) is 3.03. The van der Waals surface area contributed by atoms with E-state index in [4.69, 9.17) is 18.9 Å².